The number of hydrogen-bond acceptors (Lipinski definition) is 6. The van der Waals surface area contributed by atoms with E-state index in [1.807, 2.05) is 19.2 Å². The summed E-state index contributed by atoms with van der Waals surface area (Å²) in [6, 6.07) is 4.09. The number of nitrogens with one attached hydrogen (secondary N) is 1. The first-order valence-corrected chi connectivity index (χ1v) is 9.59. The molecule has 1 aromatic heterocycles. The lowest BCUT2D eigenvalue weighted by Gasteiger charge is -2.35. The van der Waals surface area contributed by atoms with Crippen LogP contribution in [0.15, 0.2) is 58.3 Å². The van der Waals surface area contributed by atoms with Crippen LogP contribution in [0.4, 0.5) is 0 Å². The average Bonchev–Trinajstić information content (AvgIpc) is 3.40. The summed E-state index contributed by atoms with van der Waals surface area (Å²) in [6.07, 6.45) is 4.71. The largest absolute Gasteiger partial charge is 0.402 e. The monoisotopic (exact) mass is 366 g/mol. The van der Waals surface area contributed by atoms with Crippen LogP contribution in [0.1, 0.15) is 43.4 Å². The maximum Gasteiger partial charge on any atom is 0.155 e. The number of hydrogen-bond donors (Lipinski definition) is 2. The number of rotatable bonds is 7. The zero-order valence-electron chi connectivity index (χ0n) is 16.6. The molecule has 0 saturated carbocycles. The lowest BCUT2D eigenvalue weighted by molar-refractivity contribution is 0.135. The van der Waals surface area contributed by atoms with E-state index < -0.39 is 0 Å². The predicted molar refractivity (Wildman–Crippen MR) is 108 cm³/mol. The molecule has 1 aliphatic heterocycles. The summed E-state index contributed by atoms with van der Waals surface area (Å²) in [5.41, 5.74) is 20.3. The zero-order valence-corrected chi connectivity index (χ0v) is 16.6. The van der Waals surface area contributed by atoms with Crippen LogP contribution in [0.3, 0.4) is 0 Å². The van der Waals surface area contributed by atoms with Crippen LogP contribution in [-0.4, -0.2) is 41.6 Å². The van der Waals surface area contributed by atoms with Gasteiger partial charge < -0.3 is 10.6 Å². The van der Waals surface area contributed by atoms with Crippen molar-refractivity contribution in [3.05, 3.63) is 64.4 Å². The zero-order chi connectivity index (χ0) is 19.6. The molecule has 1 fully saturated rings. The Balaban J connectivity index is 1.96. The third-order valence-corrected chi connectivity index (χ3v) is 5.35. The maximum atomic E-state index is 7.79. The summed E-state index contributed by atoms with van der Waals surface area (Å²) in [6.45, 7) is 11.0. The normalized spacial score (nSPS) is 19.6. The lowest BCUT2D eigenvalue weighted by atomic mass is 9.97. The number of pyridine rings is 1. The second kappa shape index (κ2) is 8.05. The first kappa shape index (κ1) is 19.3. The summed E-state index contributed by atoms with van der Waals surface area (Å²) in [7, 11) is 2.11. The van der Waals surface area contributed by atoms with Crippen LogP contribution in [0, 0.1) is 12.5 Å². The van der Waals surface area contributed by atoms with Gasteiger partial charge in [-0.05, 0) is 61.6 Å². The minimum atomic E-state index is -0.0573. The molecule has 0 aromatic carbocycles. The Morgan fingerprint density at radius 3 is 2.74 bits per heavy atom. The van der Waals surface area contributed by atoms with Crippen LogP contribution in [0.25, 0.3) is 0 Å². The lowest BCUT2D eigenvalue weighted by Crippen LogP contribution is -2.42. The fourth-order valence-electron chi connectivity index (χ4n) is 3.94. The summed E-state index contributed by atoms with van der Waals surface area (Å²) >= 11 is 0. The van der Waals surface area contributed by atoms with Gasteiger partial charge in [0.2, 0.25) is 0 Å². The van der Waals surface area contributed by atoms with Crippen LogP contribution >= 0.6 is 0 Å². The molecule has 0 bridgehead atoms. The summed E-state index contributed by atoms with van der Waals surface area (Å²) in [5.74, 6) is 0.741. The van der Waals surface area contributed by atoms with E-state index in [0.717, 1.165) is 61.7 Å². The third-order valence-electron chi connectivity index (χ3n) is 5.35. The van der Waals surface area contributed by atoms with Gasteiger partial charge in [0, 0.05) is 25.0 Å². The number of aromatic nitrogens is 1. The molecule has 0 spiro atoms. The second-order valence-corrected chi connectivity index (χ2v) is 7.55. The van der Waals surface area contributed by atoms with E-state index in [1.54, 1.807) is 0 Å². The highest BCUT2D eigenvalue weighted by atomic mass is 15.4. The second-order valence-electron chi connectivity index (χ2n) is 7.55. The summed E-state index contributed by atoms with van der Waals surface area (Å²) in [4.78, 5) is 9.06. The molecular formula is C21H30N6. The van der Waals surface area contributed by atoms with Crippen molar-refractivity contribution < 1.29 is 0 Å². The molecule has 144 valence electrons. The van der Waals surface area contributed by atoms with Gasteiger partial charge in [0.25, 0.3) is 0 Å². The highest BCUT2D eigenvalue weighted by Crippen LogP contribution is 2.49. The number of allylic oxidation sites excluding steroid dienone is 3. The number of nitrogens with two attached hydrogens (primary N) is 1. The third kappa shape index (κ3) is 4.11. The fraction of sp³-hybridized carbons (Fsp3) is 0.476. The van der Waals surface area contributed by atoms with Gasteiger partial charge >= 0.3 is 0 Å². The van der Waals surface area contributed by atoms with Gasteiger partial charge in [0.1, 0.15) is 0 Å². The van der Waals surface area contributed by atoms with Crippen molar-refractivity contribution in [2.24, 2.45) is 10.8 Å². The van der Waals surface area contributed by atoms with Crippen molar-refractivity contribution in [1.82, 2.24) is 14.8 Å². The van der Waals surface area contributed by atoms with Crippen molar-refractivity contribution in [3.8, 4) is 0 Å². The van der Waals surface area contributed by atoms with E-state index in [4.69, 9.17) is 11.3 Å². The van der Waals surface area contributed by atoms with Crippen LogP contribution in [0.5, 0.6) is 0 Å². The molecule has 0 radical (unpaired) electrons. The highest BCUT2D eigenvalue weighted by molar-refractivity contribution is 5.57. The van der Waals surface area contributed by atoms with Crippen LogP contribution in [0.2, 0.25) is 0 Å². The molecule has 3 N–H and O–H groups in total. The van der Waals surface area contributed by atoms with Gasteiger partial charge in [0.15, 0.2) is 5.82 Å². The number of nitrogens with zero attached hydrogens (tertiary/aromatic N) is 4. The standard InChI is InChI=1S/C21H30N6/c1-5-16(21(25-23)27-10-6-9-26(4)13-27)17-11-18(17)20(15(3)22)19-8-7-14(2)12-24-19/h7-8,12,20,23H,3,5-6,9-11,13,22H2,1-2,4H3/b21-16+,25-23?. The van der Waals surface area contributed by atoms with E-state index >= 15 is 0 Å². The smallest absolute Gasteiger partial charge is 0.155 e. The molecule has 2 heterocycles. The molecule has 1 saturated heterocycles. The van der Waals surface area contributed by atoms with E-state index in [1.165, 1.54) is 11.1 Å². The van der Waals surface area contributed by atoms with Crippen molar-refractivity contribution in [2.45, 2.75) is 39.0 Å². The quantitative estimate of drug-likeness (QED) is 0.717. The van der Waals surface area contributed by atoms with Crippen LogP contribution < -0.4 is 5.73 Å². The predicted octanol–water partition coefficient (Wildman–Crippen LogP) is 3.89. The topological polar surface area (TPSA) is 81.6 Å². The molecule has 6 heteroatoms. The molecule has 27 heavy (non-hydrogen) atoms. The SMILES string of the molecule is C=C(N)C(C1=C(/C(CC)=C(\N=N)N2CCCN(C)C2)C1)c1ccc(C)cn1. The Labute approximate surface area is 162 Å². The Morgan fingerprint density at radius 2 is 2.19 bits per heavy atom. The Hall–Kier alpha value is -2.47. The number of aryl methyl sites for hydroxylation is 1. The molecule has 6 nitrogen and oxygen atoms in total. The Kier molecular flexibility index (Phi) is 5.75. The van der Waals surface area contributed by atoms with Gasteiger partial charge in [-0.1, -0.05) is 19.6 Å². The molecule has 1 aromatic rings. The van der Waals surface area contributed by atoms with Gasteiger partial charge in [-0.15, -0.1) is 5.11 Å². The van der Waals surface area contributed by atoms with E-state index in [9.17, 15) is 0 Å². The summed E-state index contributed by atoms with van der Waals surface area (Å²) < 4.78 is 0. The maximum absolute atomic E-state index is 7.79. The molecule has 1 aliphatic carbocycles. The first-order chi connectivity index (χ1) is 13.0. The van der Waals surface area contributed by atoms with Crippen LogP contribution in [-0.2, 0) is 0 Å². The van der Waals surface area contributed by atoms with Crippen molar-refractivity contribution in [3.63, 3.8) is 0 Å². The minimum Gasteiger partial charge on any atom is -0.402 e. The van der Waals surface area contributed by atoms with E-state index in [-0.39, 0.29) is 5.92 Å². The van der Waals surface area contributed by atoms with Gasteiger partial charge in [-0.25, -0.2) is 5.53 Å². The molecule has 2 aliphatic rings. The molecule has 3 rings (SSSR count). The Bertz CT molecular complexity index is 789. The molecular weight excluding hydrogens is 336 g/mol. The first-order valence-electron chi connectivity index (χ1n) is 9.59. The van der Waals surface area contributed by atoms with E-state index in [2.05, 4.69) is 46.5 Å². The van der Waals surface area contributed by atoms with Gasteiger partial charge in [-0.3, -0.25) is 9.88 Å². The average molecular weight is 367 g/mol. The van der Waals surface area contributed by atoms with Gasteiger partial charge in [-0.2, -0.15) is 0 Å². The minimum absolute atomic E-state index is 0.0573. The summed E-state index contributed by atoms with van der Waals surface area (Å²) in [5, 5.41) is 3.93. The highest BCUT2D eigenvalue weighted by Gasteiger charge is 2.35. The fourth-order valence-corrected chi connectivity index (χ4v) is 3.94. The molecule has 1 atom stereocenters. The van der Waals surface area contributed by atoms with Crippen molar-refractivity contribution in [2.75, 3.05) is 26.8 Å². The Morgan fingerprint density at radius 1 is 1.41 bits per heavy atom. The molecule has 0 amide bonds. The van der Waals surface area contributed by atoms with Crippen molar-refractivity contribution >= 4 is 0 Å². The molecule has 1 unspecified atom stereocenters. The van der Waals surface area contributed by atoms with Crippen molar-refractivity contribution in [1.29, 1.82) is 5.53 Å². The van der Waals surface area contributed by atoms with E-state index in [0.29, 0.717) is 5.70 Å². The van der Waals surface area contributed by atoms with Gasteiger partial charge in [0.05, 0.1) is 18.3 Å².